The zero-order chi connectivity index (χ0) is 15.8. The van der Waals surface area contributed by atoms with E-state index < -0.39 is 0 Å². The van der Waals surface area contributed by atoms with E-state index in [-0.39, 0.29) is 11.3 Å². The fourth-order valence-corrected chi connectivity index (χ4v) is 3.67. The van der Waals surface area contributed by atoms with Gasteiger partial charge < -0.3 is 10.1 Å². The molecule has 0 spiro atoms. The van der Waals surface area contributed by atoms with E-state index in [1.165, 1.54) is 23.0 Å². The first kappa shape index (κ1) is 13.8. The predicted molar refractivity (Wildman–Crippen MR) is 95.0 cm³/mol. The molecular weight excluding hydrogens is 306 g/mol. The highest BCUT2D eigenvalue weighted by Crippen LogP contribution is 2.36. The Morgan fingerprint density at radius 3 is 2.22 bits per heavy atom. The van der Waals surface area contributed by atoms with Crippen LogP contribution in [0.25, 0.3) is 31.8 Å². The van der Waals surface area contributed by atoms with Crippen molar-refractivity contribution < 1.29 is 5.11 Å². The molecule has 0 aliphatic rings. The number of aromatic nitrogens is 1. The van der Waals surface area contributed by atoms with Crippen molar-refractivity contribution in [3.63, 3.8) is 0 Å². The maximum Gasteiger partial charge on any atom is 0.252 e. The van der Waals surface area contributed by atoms with Gasteiger partial charge in [0.2, 0.25) is 0 Å². The minimum absolute atomic E-state index is 0.0286. The standard InChI is InChI=1S/C19H13NO2S/c21-16-11-18(22)20-15-10-17(23-19(15)16)14-8-6-13(7-9-14)12-4-2-1-3-5-12/h1-11H,(H2,20,21,22). The molecule has 112 valence electrons. The molecule has 2 aromatic carbocycles. The maximum absolute atomic E-state index is 11.4. The van der Waals surface area contributed by atoms with Gasteiger partial charge in [0.15, 0.2) is 0 Å². The van der Waals surface area contributed by atoms with Crippen molar-refractivity contribution in [1.82, 2.24) is 4.98 Å². The number of thiophene rings is 1. The van der Waals surface area contributed by atoms with E-state index in [0.717, 1.165) is 16.0 Å². The van der Waals surface area contributed by atoms with Crippen LogP contribution in [0.1, 0.15) is 0 Å². The number of hydrogen-bond acceptors (Lipinski definition) is 3. The summed E-state index contributed by atoms with van der Waals surface area (Å²) in [6, 6.07) is 21.6. The van der Waals surface area contributed by atoms with Crippen LogP contribution in [-0.4, -0.2) is 10.1 Å². The quantitative estimate of drug-likeness (QED) is 0.566. The molecule has 0 aliphatic heterocycles. The Balaban J connectivity index is 1.76. The number of aromatic amines is 1. The van der Waals surface area contributed by atoms with E-state index in [4.69, 9.17) is 0 Å². The lowest BCUT2D eigenvalue weighted by atomic mass is 10.0. The Morgan fingerprint density at radius 2 is 1.48 bits per heavy atom. The van der Waals surface area contributed by atoms with Gasteiger partial charge in [-0.25, -0.2) is 0 Å². The lowest BCUT2D eigenvalue weighted by molar-refractivity contribution is 0.481. The van der Waals surface area contributed by atoms with Crippen LogP contribution in [0.2, 0.25) is 0 Å². The summed E-state index contributed by atoms with van der Waals surface area (Å²) < 4.78 is 0.701. The summed E-state index contributed by atoms with van der Waals surface area (Å²) in [5, 5.41) is 9.90. The molecule has 4 rings (SSSR count). The van der Waals surface area contributed by atoms with E-state index in [9.17, 15) is 9.90 Å². The van der Waals surface area contributed by atoms with Crippen molar-refractivity contribution in [2.24, 2.45) is 0 Å². The third kappa shape index (κ3) is 2.53. The van der Waals surface area contributed by atoms with Gasteiger partial charge in [-0.3, -0.25) is 4.79 Å². The Labute approximate surface area is 136 Å². The predicted octanol–water partition coefficient (Wildman–Crippen LogP) is 4.63. The molecule has 4 aromatic rings. The third-order valence-electron chi connectivity index (χ3n) is 3.77. The van der Waals surface area contributed by atoms with Crippen molar-refractivity contribution in [3.8, 4) is 27.3 Å². The van der Waals surface area contributed by atoms with E-state index in [1.54, 1.807) is 0 Å². The second-order valence-corrected chi connectivity index (χ2v) is 6.37. The lowest BCUT2D eigenvalue weighted by Crippen LogP contribution is -2.01. The minimum atomic E-state index is -0.293. The number of H-pyrrole nitrogens is 1. The fraction of sp³-hybridized carbons (Fsp3) is 0. The molecular formula is C19H13NO2S. The molecule has 0 aliphatic carbocycles. The number of pyridine rings is 1. The number of hydrogen-bond donors (Lipinski definition) is 2. The smallest absolute Gasteiger partial charge is 0.252 e. The average molecular weight is 319 g/mol. The first-order valence-electron chi connectivity index (χ1n) is 7.22. The van der Waals surface area contributed by atoms with E-state index in [0.29, 0.717) is 10.2 Å². The van der Waals surface area contributed by atoms with Crippen LogP contribution in [0.15, 0.2) is 71.5 Å². The number of nitrogens with one attached hydrogen (secondary N) is 1. The van der Waals surface area contributed by atoms with Crippen LogP contribution in [0.3, 0.4) is 0 Å². The number of aromatic hydroxyl groups is 1. The molecule has 0 bridgehead atoms. The van der Waals surface area contributed by atoms with Crippen molar-refractivity contribution in [2.45, 2.75) is 0 Å². The molecule has 2 N–H and O–H groups in total. The molecule has 23 heavy (non-hydrogen) atoms. The molecule has 2 heterocycles. The molecule has 0 fully saturated rings. The van der Waals surface area contributed by atoms with Crippen LogP contribution in [0.4, 0.5) is 0 Å². The summed E-state index contributed by atoms with van der Waals surface area (Å²) in [5.41, 5.74) is 3.77. The second-order valence-electron chi connectivity index (χ2n) is 5.32. The van der Waals surface area contributed by atoms with Crippen molar-refractivity contribution in [2.75, 3.05) is 0 Å². The molecule has 0 radical (unpaired) electrons. The lowest BCUT2D eigenvalue weighted by Gasteiger charge is -2.03. The van der Waals surface area contributed by atoms with Crippen molar-refractivity contribution in [3.05, 3.63) is 77.1 Å². The third-order valence-corrected chi connectivity index (χ3v) is 4.97. The summed E-state index contributed by atoms with van der Waals surface area (Å²) in [4.78, 5) is 15.2. The highest BCUT2D eigenvalue weighted by molar-refractivity contribution is 7.22. The average Bonchev–Trinajstić information content (AvgIpc) is 3.00. The highest BCUT2D eigenvalue weighted by Gasteiger charge is 2.09. The van der Waals surface area contributed by atoms with Gasteiger partial charge in [0, 0.05) is 10.9 Å². The van der Waals surface area contributed by atoms with Gasteiger partial charge in [-0.2, -0.15) is 0 Å². The van der Waals surface area contributed by atoms with Crippen LogP contribution >= 0.6 is 11.3 Å². The fourth-order valence-electron chi connectivity index (χ4n) is 2.63. The minimum Gasteiger partial charge on any atom is -0.506 e. The molecule has 2 aromatic heterocycles. The molecule has 0 amide bonds. The molecule has 0 unspecified atom stereocenters. The number of benzene rings is 2. The maximum atomic E-state index is 11.4. The second kappa shape index (κ2) is 5.41. The summed E-state index contributed by atoms with van der Waals surface area (Å²) in [6.45, 7) is 0. The van der Waals surface area contributed by atoms with E-state index >= 15 is 0 Å². The monoisotopic (exact) mass is 319 g/mol. The van der Waals surface area contributed by atoms with Crippen LogP contribution in [0, 0.1) is 0 Å². The number of rotatable bonds is 2. The Kier molecular flexibility index (Phi) is 3.24. The van der Waals surface area contributed by atoms with Gasteiger partial charge in [0.25, 0.3) is 5.56 Å². The van der Waals surface area contributed by atoms with Crippen molar-refractivity contribution in [1.29, 1.82) is 0 Å². The number of fused-ring (bicyclic) bond motifs is 1. The van der Waals surface area contributed by atoms with Gasteiger partial charge in [-0.15, -0.1) is 11.3 Å². The first-order chi connectivity index (χ1) is 11.2. The zero-order valence-electron chi connectivity index (χ0n) is 12.1. The first-order valence-corrected chi connectivity index (χ1v) is 8.04. The Hall–Kier alpha value is -2.85. The van der Waals surface area contributed by atoms with Gasteiger partial charge in [-0.1, -0.05) is 54.6 Å². The van der Waals surface area contributed by atoms with Gasteiger partial charge in [0.05, 0.1) is 10.2 Å². The largest absolute Gasteiger partial charge is 0.506 e. The van der Waals surface area contributed by atoms with E-state index in [2.05, 4.69) is 41.4 Å². The van der Waals surface area contributed by atoms with Crippen LogP contribution in [-0.2, 0) is 0 Å². The molecule has 3 nitrogen and oxygen atoms in total. The normalized spacial score (nSPS) is 11.0. The molecule has 0 atom stereocenters. The van der Waals surface area contributed by atoms with Gasteiger partial charge in [0.1, 0.15) is 5.75 Å². The summed E-state index contributed by atoms with van der Waals surface area (Å²) >= 11 is 1.47. The highest BCUT2D eigenvalue weighted by atomic mass is 32.1. The van der Waals surface area contributed by atoms with E-state index in [1.807, 2.05) is 24.3 Å². The zero-order valence-corrected chi connectivity index (χ0v) is 12.9. The van der Waals surface area contributed by atoms with Crippen LogP contribution in [0.5, 0.6) is 5.75 Å². The Bertz CT molecular complexity index is 1030. The summed E-state index contributed by atoms with van der Waals surface area (Å²) in [6.07, 6.45) is 0. The SMILES string of the molecule is O=c1cc(O)c2sc(-c3ccc(-c4ccccc4)cc3)cc2[nH]1. The Morgan fingerprint density at radius 1 is 0.826 bits per heavy atom. The molecule has 0 saturated carbocycles. The van der Waals surface area contributed by atoms with Gasteiger partial charge >= 0.3 is 0 Å². The molecule has 0 saturated heterocycles. The summed E-state index contributed by atoms with van der Waals surface area (Å²) in [7, 11) is 0. The van der Waals surface area contributed by atoms with Crippen LogP contribution < -0.4 is 5.56 Å². The molecule has 4 heteroatoms. The van der Waals surface area contributed by atoms with Gasteiger partial charge in [-0.05, 0) is 22.8 Å². The topological polar surface area (TPSA) is 53.1 Å². The summed E-state index contributed by atoms with van der Waals surface area (Å²) in [5.74, 6) is 0.0286. The van der Waals surface area contributed by atoms with Crippen molar-refractivity contribution >= 4 is 21.6 Å².